The van der Waals surface area contributed by atoms with Crippen molar-refractivity contribution < 1.29 is 4.79 Å². The van der Waals surface area contributed by atoms with E-state index in [1.165, 1.54) is 0 Å². The summed E-state index contributed by atoms with van der Waals surface area (Å²) in [6.07, 6.45) is 0. The predicted octanol–water partition coefficient (Wildman–Crippen LogP) is -0.0273. The SMILES string of the molecule is CN(C)Cc1ccccc1NC(=O)[C@@H](N)CN. The first kappa shape index (κ1) is 13.6. The number of para-hydroxylation sites is 1. The average Bonchev–Trinajstić information content (AvgIpc) is 2.29. The highest BCUT2D eigenvalue weighted by Crippen LogP contribution is 2.16. The van der Waals surface area contributed by atoms with Gasteiger partial charge < -0.3 is 21.7 Å². The lowest BCUT2D eigenvalue weighted by Crippen LogP contribution is -2.41. The molecule has 0 aliphatic carbocycles. The third-order valence-corrected chi connectivity index (χ3v) is 2.35. The van der Waals surface area contributed by atoms with Crippen LogP contribution in [0.1, 0.15) is 5.56 Å². The molecule has 0 bridgehead atoms. The van der Waals surface area contributed by atoms with Gasteiger partial charge in [0.25, 0.3) is 0 Å². The van der Waals surface area contributed by atoms with Gasteiger partial charge in [-0.2, -0.15) is 0 Å². The molecule has 0 aliphatic heterocycles. The van der Waals surface area contributed by atoms with Crippen molar-refractivity contribution in [1.29, 1.82) is 0 Å². The highest BCUT2D eigenvalue weighted by atomic mass is 16.2. The van der Waals surface area contributed by atoms with Crippen LogP contribution in [0.4, 0.5) is 5.69 Å². The quantitative estimate of drug-likeness (QED) is 0.670. The second-order valence-corrected chi connectivity index (χ2v) is 4.23. The zero-order chi connectivity index (χ0) is 12.8. The van der Waals surface area contributed by atoms with Gasteiger partial charge in [0.2, 0.25) is 5.91 Å². The molecule has 0 spiro atoms. The van der Waals surface area contributed by atoms with Crippen LogP contribution in [0.5, 0.6) is 0 Å². The zero-order valence-corrected chi connectivity index (χ0v) is 10.3. The molecule has 5 nitrogen and oxygen atoms in total. The maximum atomic E-state index is 11.7. The fourth-order valence-electron chi connectivity index (χ4n) is 1.45. The molecule has 1 aromatic rings. The van der Waals surface area contributed by atoms with E-state index in [2.05, 4.69) is 5.32 Å². The smallest absolute Gasteiger partial charge is 0.242 e. The summed E-state index contributed by atoms with van der Waals surface area (Å²) in [4.78, 5) is 13.7. The molecular weight excluding hydrogens is 216 g/mol. The molecule has 1 atom stereocenters. The summed E-state index contributed by atoms with van der Waals surface area (Å²) in [5, 5.41) is 2.80. The van der Waals surface area contributed by atoms with Crippen molar-refractivity contribution in [2.24, 2.45) is 11.5 Å². The van der Waals surface area contributed by atoms with E-state index in [4.69, 9.17) is 11.5 Å². The van der Waals surface area contributed by atoms with E-state index in [9.17, 15) is 4.79 Å². The summed E-state index contributed by atoms with van der Waals surface area (Å²) in [7, 11) is 3.95. The van der Waals surface area contributed by atoms with Gasteiger partial charge in [-0.05, 0) is 25.7 Å². The van der Waals surface area contributed by atoms with Gasteiger partial charge in [-0.1, -0.05) is 18.2 Å². The van der Waals surface area contributed by atoms with Gasteiger partial charge in [0.1, 0.15) is 0 Å². The lowest BCUT2D eigenvalue weighted by atomic mass is 10.1. The van der Waals surface area contributed by atoms with E-state index in [-0.39, 0.29) is 12.5 Å². The first-order valence-corrected chi connectivity index (χ1v) is 5.53. The number of hydrogen-bond donors (Lipinski definition) is 3. The van der Waals surface area contributed by atoms with Crippen LogP contribution in [-0.4, -0.2) is 37.5 Å². The first-order chi connectivity index (χ1) is 8.04. The van der Waals surface area contributed by atoms with Gasteiger partial charge in [-0.25, -0.2) is 0 Å². The standard InChI is InChI=1S/C12H20N4O/c1-16(2)8-9-5-3-4-6-11(9)15-12(17)10(14)7-13/h3-6,10H,7-8,13-14H2,1-2H3,(H,15,17)/t10-/m0/s1. The molecule has 1 aromatic carbocycles. The number of benzene rings is 1. The normalized spacial score (nSPS) is 12.5. The van der Waals surface area contributed by atoms with Crippen molar-refractivity contribution >= 4 is 11.6 Å². The summed E-state index contributed by atoms with van der Waals surface area (Å²) < 4.78 is 0. The molecule has 5 N–H and O–H groups in total. The monoisotopic (exact) mass is 236 g/mol. The maximum Gasteiger partial charge on any atom is 0.242 e. The minimum absolute atomic E-state index is 0.141. The van der Waals surface area contributed by atoms with Crippen LogP contribution in [0.25, 0.3) is 0 Å². The van der Waals surface area contributed by atoms with E-state index in [1.807, 2.05) is 43.3 Å². The fourth-order valence-corrected chi connectivity index (χ4v) is 1.45. The molecule has 0 saturated heterocycles. The Morgan fingerprint density at radius 1 is 1.41 bits per heavy atom. The fraction of sp³-hybridized carbons (Fsp3) is 0.417. The van der Waals surface area contributed by atoms with E-state index >= 15 is 0 Å². The lowest BCUT2D eigenvalue weighted by molar-refractivity contribution is -0.117. The summed E-state index contributed by atoms with van der Waals surface area (Å²) in [5.74, 6) is -0.251. The Labute approximate surface area is 102 Å². The van der Waals surface area contributed by atoms with Crippen molar-refractivity contribution in [3.8, 4) is 0 Å². The molecule has 0 unspecified atom stereocenters. The Bertz CT molecular complexity index is 379. The number of nitrogens with one attached hydrogen (secondary N) is 1. The van der Waals surface area contributed by atoms with Crippen LogP contribution in [0, 0.1) is 0 Å². The molecule has 5 heteroatoms. The van der Waals surface area contributed by atoms with Crippen LogP contribution in [-0.2, 0) is 11.3 Å². The average molecular weight is 236 g/mol. The van der Waals surface area contributed by atoms with Crippen molar-refractivity contribution in [3.05, 3.63) is 29.8 Å². The Hall–Kier alpha value is -1.43. The highest BCUT2D eigenvalue weighted by molar-refractivity contribution is 5.95. The molecule has 0 radical (unpaired) electrons. The van der Waals surface area contributed by atoms with Gasteiger partial charge in [0.05, 0.1) is 6.04 Å². The van der Waals surface area contributed by atoms with E-state index in [1.54, 1.807) is 0 Å². The minimum atomic E-state index is -0.664. The third kappa shape index (κ3) is 4.14. The number of amides is 1. The predicted molar refractivity (Wildman–Crippen MR) is 69.5 cm³/mol. The van der Waals surface area contributed by atoms with Gasteiger partial charge in [-0.15, -0.1) is 0 Å². The van der Waals surface area contributed by atoms with Crippen molar-refractivity contribution in [2.75, 3.05) is 26.0 Å². The highest BCUT2D eigenvalue weighted by Gasteiger charge is 2.13. The van der Waals surface area contributed by atoms with Gasteiger partial charge in [0.15, 0.2) is 0 Å². The van der Waals surface area contributed by atoms with Gasteiger partial charge in [0, 0.05) is 18.8 Å². The van der Waals surface area contributed by atoms with Crippen molar-refractivity contribution in [2.45, 2.75) is 12.6 Å². The molecule has 1 amide bonds. The maximum absolute atomic E-state index is 11.7. The lowest BCUT2D eigenvalue weighted by Gasteiger charge is -2.16. The van der Waals surface area contributed by atoms with Gasteiger partial charge in [-0.3, -0.25) is 4.79 Å². The van der Waals surface area contributed by atoms with Crippen LogP contribution in [0.3, 0.4) is 0 Å². The summed E-state index contributed by atoms with van der Waals surface area (Å²) in [6, 6.07) is 6.99. The number of nitrogens with zero attached hydrogens (tertiary/aromatic N) is 1. The number of carbonyl (C=O) groups excluding carboxylic acids is 1. The van der Waals surface area contributed by atoms with Crippen molar-refractivity contribution in [1.82, 2.24) is 4.90 Å². The summed E-state index contributed by atoms with van der Waals surface area (Å²) in [5.41, 5.74) is 12.8. The number of carbonyl (C=O) groups is 1. The van der Waals surface area contributed by atoms with E-state index in [0.29, 0.717) is 0 Å². The minimum Gasteiger partial charge on any atom is -0.328 e. The van der Waals surface area contributed by atoms with Crippen molar-refractivity contribution in [3.63, 3.8) is 0 Å². The summed E-state index contributed by atoms with van der Waals surface area (Å²) in [6.45, 7) is 0.899. The van der Waals surface area contributed by atoms with Crippen LogP contribution >= 0.6 is 0 Å². The molecule has 94 valence electrons. The molecule has 0 fully saturated rings. The molecule has 0 saturated carbocycles. The Morgan fingerprint density at radius 3 is 2.65 bits per heavy atom. The Kier molecular flexibility index (Phi) is 5.09. The molecule has 0 aliphatic rings. The molecule has 0 aromatic heterocycles. The third-order valence-electron chi connectivity index (χ3n) is 2.35. The van der Waals surface area contributed by atoms with Crippen LogP contribution < -0.4 is 16.8 Å². The second kappa shape index (κ2) is 6.34. The van der Waals surface area contributed by atoms with E-state index in [0.717, 1.165) is 17.8 Å². The number of anilines is 1. The number of hydrogen-bond acceptors (Lipinski definition) is 4. The largest absolute Gasteiger partial charge is 0.328 e. The Morgan fingerprint density at radius 2 is 2.06 bits per heavy atom. The first-order valence-electron chi connectivity index (χ1n) is 5.53. The molecule has 17 heavy (non-hydrogen) atoms. The van der Waals surface area contributed by atoms with Gasteiger partial charge >= 0.3 is 0 Å². The zero-order valence-electron chi connectivity index (χ0n) is 10.3. The topological polar surface area (TPSA) is 84.4 Å². The molecular formula is C12H20N4O. The number of rotatable bonds is 5. The van der Waals surface area contributed by atoms with Crippen LogP contribution in [0.15, 0.2) is 24.3 Å². The van der Waals surface area contributed by atoms with Crippen LogP contribution in [0.2, 0.25) is 0 Å². The second-order valence-electron chi connectivity index (χ2n) is 4.23. The number of nitrogens with two attached hydrogens (primary N) is 2. The van der Waals surface area contributed by atoms with E-state index < -0.39 is 6.04 Å². The molecule has 1 rings (SSSR count). The molecule has 0 heterocycles. The Balaban J connectivity index is 2.79. The summed E-state index contributed by atoms with van der Waals surface area (Å²) >= 11 is 0.